The first kappa shape index (κ1) is 17.8. The number of carbonyl (C=O) groups excluding carboxylic acids is 1. The van der Waals surface area contributed by atoms with Crippen molar-refractivity contribution in [3.8, 4) is 24.0 Å². The molecule has 1 saturated carbocycles. The fourth-order valence-corrected chi connectivity index (χ4v) is 4.45. The summed E-state index contributed by atoms with van der Waals surface area (Å²) in [4.78, 5) is 15.1. The van der Waals surface area contributed by atoms with E-state index in [0.717, 1.165) is 12.8 Å². The lowest BCUT2D eigenvalue weighted by atomic mass is 9.69. The number of nitriles is 3. The van der Waals surface area contributed by atoms with Gasteiger partial charge in [0.25, 0.3) is 0 Å². The second-order valence-corrected chi connectivity index (χ2v) is 7.38. The third kappa shape index (κ3) is 2.41. The van der Waals surface area contributed by atoms with Gasteiger partial charge in [-0.2, -0.15) is 15.8 Å². The van der Waals surface area contributed by atoms with Crippen LogP contribution in [-0.2, 0) is 4.79 Å². The molecule has 0 bridgehead atoms. The lowest BCUT2D eigenvalue weighted by Gasteiger charge is -2.30. The Bertz CT molecular complexity index is 1000. The van der Waals surface area contributed by atoms with E-state index in [2.05, 4.69) is 18.2 Å². The van der Waals surface area contributed by atoms with Gasteiger partial charge in [-0.25, -0.2) is 0 Å². The molecule has 0 radical (unpaired) electrons. The summed E-state index contributed by atoms with van der Waals surface area (Å²) < 4.78 is 5.51. The SMILES string of the molecule is COc1ccccc1[C@@H]1[C@@H](C(=O)C2CC2)N2C=C(C#N)C=C[C@@H]2C1(C#N)C#N. The van der Waals surface area contributed by atoms with Crippen LogP contribution in [0.3, 0.4) is 0 Å². The summed E-state index contributed by atoms with van der Waals surface area (Å²) in [6, 6.07) is 12.5. The Morgan fingerprint density at radius 1 is 1.21 bits per heavy atom. The molecule has 28 heavy (non-hydrogen) atoms. The predicted octanol–water partition coefficient (Wildman–Crippen LogP) is 2.82. The number of fused-ring (bicyclic) bond motifs is 1. The van der Waals surface area contributed by atoms with Gasteiger partial charge in [-0.05, 0) is 25.0 Å². The first-order chi connectivity index (χ1) is 13.6. The summed E-state index contributed by atoms with van der Waals surface area (Å²) in [5.41, 5.74) is -0.408. The molecular weight excluding hydrogens is 352 g/mol. The van der Waals surface area contributed by atoms with Crippen LogP contribution in [0.25, 0.3) is 0 Å². The maximum Gasteiger partial charge on any atom is 0.176 e. The number of ketones is 1. The number of allylic oxidation sites excluding steroid dienone is 2. The number of hydrogen-bond acceptors (Lipinski definition) is 6. The largest absolute Gasteiger partial charge is 0.496 e. The third-order valence-electron chi connectivity index (χ3n) is 5.91. The van der Waals surface area contributed by atoms with E-state index in [4.69, 9.17) is 4.74 Å². The number of rotatable bonds is 4. The minimum Gasteiger partial charge on any atom is -0.496 e. The van der Waals surface area contributed by atoms with Crippen LogP contribution >= 0.6 is 0 Å². The van der Waals surface area contributed by atoms with Gasteiger partial charge in [0, 0.05) is 23.6 Å². The summed E-state index contributed by atoms with van der Waals surface area (Å²) in [5.74, 6) is -0.169. The van der Waals surface area contributed by atoms with Crippen LogP contribution in [0, 0.1) is 45.3 Å². The van der Waals surface area contributed by atoms with E-state index in [1.54, 1.807) is 29.3 Å². The quantitative estimate of drug-likeness (QED) is 0.808. The minimum absolute atomic E-state index is 0.0251. The molecule has 1 aliphatic carbocycles. The highest BCUT2D eigenvalue weighted by Crippen LogP contribution is 2.55. The van der Waals surface area contributed by atoms with Gasteiger partial charge < -0.3 is 9.64 Å². The van der Waals surface area contributed by atoms with Crippen LogP contribution in [0.4, 0.5) is 0 Å². The third-order valence-corrected chi connectivity index (χ3v) is 5.91. The molecule has 6 nitrogen and oxygen atoms in total. The van der Waals surface area contributed by atoms with Crippen molar-refractivity contribution in [1.29, 1.82) is 15.8 Å². The number of hydrogen-bond donors (Lipinski definition) is 0. The van der Waals surface area contributed by atoms with Crippen LogP contribution in [0.2, 0.25) is 0 Å². The van der Waals surface area contributed by atoms with Gasteiger partial charge in [0.05, 0.1) is 36.9 Å². The number of benzene rings is 1. The number of nitrogens with zero attached hydrogens (tertiary/aromatic N) is 4. The second kappa shape index (κ2) is 6.55. The van der Waals surface area contributed by atoms with E-state index in [9.17, 15) is 20.6 Å². The average Bonchev–Trinajstić information content (AvgIpc) is 3.55. The molecule has 2 fully saturated rings. The van der Waals surface area contributed by atoms with Crippen molar-refractivity contribution in [2.24, 2.45) is 11.3 Å². The van der Waals surface area contributed by atoms with Gasteiger partial charge in [0.1, 0.15) is 11.8 Å². The molecule has 138 valence electrons. The lowest BCUT2D eigenvalue weighted by molar-refractivity contribution is -0.124. The Labute approximate surface area is 163 Å². The molecule has 1 saturated heterocycles. The fourth-order valence-electron chi connectivity index (χ4n) is 4.45. The molecule has 1 aromatic carbocycles. The van der Waals surface area contributed by atoms with Gasteiger partial charge in [-0.15, -0.1) is 0 Å². The summed E-state index contributed by atoms with van der Waals surface area (Å²) in [6.45, 7) is 0. The first-order valence-corrected chi connectivity index (χ1v) is 9.18. The highest BCUT2D eigenvalue weighted by Gasteiger charge is 2.63. The Hall–Kier alpha value is -3.56. The fraction of sp³-hybridized carbons (Fsp3) is 0.364. The van der Waals surface area contributed by atoms with Gasteiger partial charge >= 0.3 is 0 Å². The van der Waals surface area contributed by atoms with Crippen molar-refractivity contribution < 1.29 is 9.53 Å². The van der Waals surface area contributed by atoms with Crippen molar-refractivity contribution in [3.05, 3.63) is 53.8 Å². The van der Waals surface area contributed by atoms with Gasteiger partial charge in [0.15, 0.2) is 11.2 Å². The van der Waals surface area contributed by atoms with Crippen molar-refractivity contribution >= 4 is 5.78 Å². The number of para-hydroxylation sites is 1. The number of methoxy groups -OCH3 is 1. The first-order valence-electron chi connectivity index (χ1n) is 9.18. The molecule has 0 aromatic heterocycles. The highest BCUT2D eigenvalue weighted by atomic mass is 16.5. The topological polar surface area (TPSA) is 101 Å². The zero-order valence-corrected chi connectivity index (χ0v) is 15.4. The summed E-state index contributed by atoms with van der Waals surface area (Å²) >= 11 is 0. The van der Waals surface area contributed by atoms with Crippen molar-refractivity contribution in [2.75, 3.05) is 7.11 Å². The number of ether oxygens (including phenoxy) is 1. The molecule has 0 amide bonds. The van der Waals surface area contributed by atoms with Gasteiger partial charge in [-0.3, -0.25) is 4.79 Å². The molecule has 3 aliphatic rings. The van der Waals surface area contributed by atoms with Crippen LogP contribution in [0.15, 0.2) is 48.2 Å². The van der Waals surface area contributed by atoms with E-state index in [-0.39, 0.29) is 11.7 Å². The van der Waals surface area contributed by atoms with Gasteiger partial charge in [-0.1, -0.05) is 24.3 Å². The maximum absolute atomic E-state index is 13.3. The van der Waals surface area contributed by atoms with Crippen molar-refractivity contribution in [3.63, 3.8) is 0 Å². The second-order valence-electron chi connectivity index (χ2n) is 7.38. The number of Topliss-reactive ketones (excluding diaryl/α,β-unsaturated/α-hetero) is 1. The van der Waals surface area contributed by atoms with E-state index in [1.165, 1.54) is 7.11 Å². The molecule has 2 heterocycles. The maximum atomic E-state index is 13.3. The summed E-state index contributed by atoms with van der Waals surface area (Å²) in [6.07, 6.45) is 6.59. The normalized spacial score (nSPS) is 27.0. The van der Waals surface area contributed by atoms with E-state index >= 15 is 0 Å². The number of carbonyl (C=O) groups is 1. The summed E-state index contributed by atoms with van der Waals surface area (Å²) in [7, 11) is 1.53. The van der Waals surface area contributed by atoms with Gasteiger partial charge in [0.2, 0.25) is 0 Å². The monoisotopic (exact) mass is 370 g/mol. The molecule has 0 N–H and O–H groups in total. The minimum atomic E-state index is -1.47. The Balaban J connectivity index is 1.96. The van der Waals surface area contributed by atoms with Crippen LogP contribution in [0.1, 0.15) is 24.3 Å². The predicted molar refractivity (Wildman–Crippen MR) is 99.4 cm³/mol. The van der Waals surface area contributed by atoms with Crippen molar-refractivity contribution in [1.82, 2.24) is 4.90 Å². The molecule has 6 heteroatoms. The smallest absolute Gasteiger partial charge is 0.176 e. The zero-order valence-electron chi connectivity index (χ0n) is 15.4. The standard InChI is InChI=1S/C22H18N4O2/c1-28-17-5-3-2-4-16(17)19-20(21(27)15-7-8-15)26-11-14(10-23)6-9-18(26)22(19,12-24)13-25/h2-6,9,11,15,18-20H,7-8H2,1H3/t18-,19-,20+/m1/s1. The van der Waals surface area contributed by atoms with E-state index < -0.39 is 23.4 Å². The van der Waals surface area contributed by atoms with Crippen molar-refractivity contribution in [2.45, 2.75) is 30.8 Å². The molecule has 0 spiro atoms. The molecule has 2 aliphatic heterocycles. The average molecular weight is 370 g/mol. The van der Waals surface area contributed by atoms with E-state index in [1.807, 2.05) is 18.2 Å². The summed E-state index contributed by atoms with van der Waals surface area (Å²) in [5, 5.41) is 29.6. The Kier molecular flexibility index (Phi) is 4.17. The van der Waals surface area contributed by atoms with Crippen LogP contribution in [0.5, 0.6) is 5.75 Å². The molecule has 3 atom stereocenters. The van der Waals surface area contributed by atoms with E-state index in [0.29, 0.717) is 16.9 Å². The molecular formula is C22H18N4O2. The van der Waals surface area contributed by atoms with Crippen LogP contribution in [-0.4, -0.2) is 29.9 Å². The Morgan fingerprint density at radius 2 is 1.93 bits per heavy atom. The molecule has 4 rings (SSSR count). The molecule has 1 aromatic rings. The van der Waals surface area contributed by atoms with Crippen LogP contribution < -0.4 is 4.74 Å². The highest BCUT2D eigenvalue weighted by molar-refractivity contribution is 5.91. The Morgan fingerprint density at radius 3 is 2.54 bits per heavy atom. The molecule has 0 unspecified atom stereocenters. The zero-order chi connectivity index (χ0) is 19.9. The lowest BCUT2D eigenvalue weighted by Crippen LogP contribution is -2.40.